The number of ether oxygens (including phenoxy) is 1. The predicted octanol–water partition coefficient (Wildman–Crippen LogP) is 5.09. The molecule has 0 aliphatic carbocycles. The number of carbonyl (C=O) groups excluding carboxylic acids is 1. The molecule has 0 aliphatic rings. The van der Waals surface area contributed by atoms with E-state index in [2.05, 4.69) is 57.5 Å². The fourth-order valence-electron chi connectivity index (χ4n) is 3.37. The number of hydrogen-bond donors (Lipinski definition) is 1. The largest absolute Gasteiger partial charge is 0.496 e. The molecule has 0 bridgehead atoms. The van der Waals surface area contributed by atoms with Gasteiger partial charge in [0, 0.05) is 27.5 Å². The third-order valence-corrected chi connectivity index (χ3v) is 5.53. The molecule has 1 heterocycles. The van der Waals surface area contributed by atoms with Crippen LogP contribution >= 0.6 is 15.9 Å². The minimum absolute atomic E-state index is 0.137. The molecule has 0 saturated carbocycles. The first kappa shape index (κ1) is 20.2. The quantitative estimate of drug-likeness (QED) is 0.432. The van der Waals surface area contributed by atoms with E-state index in [1.165, 1.54) is 11.1 Å². The van der Waals surface area contributed by atoms with Crippen LogP contribution in [0.2, 0.25) is 0 Å². The van der Waals surface area contributed by atoms with Gasteiger partial charge in [-0.3, -0.25) is 9.48 Å². The van der Waals surface area contributed by atoms with E-state index in [1.54, 1.807) is 7.11 Å². The summed E-state index contributed by atoms with van der Waals surface area (Å²) in [4.78, 5) is 12.8. The smallest absolute Gasteiger partial charge is 0.251 e. The number of rotatable bonds is 6. The standard InChI is InChI=1S/C24H22BrN3O2/c1-16-3-5-17(6-4-16)15-28-22-12-18(7-8-19(22)14-27-28)24(29)26-13-20-11-21(25)9-10-23(20)30-2/h3-12,14H,13,15H2,1-2H3,(H,26,29). The van der Waals surface area contributed by atoms with E-state index < -0.39 is 0 Å². The summed E-state index contributed by atoms with van der Waals surface area (Å²) in [7, 11) is 1.62. The van der Waals surface area contributed by atoms with E-state index in [0.717, 1.165) is 26.7 Å². The zero-order valence-corrected chi connectivity index (χ0v) is 18.4. The summed E-state index contributed by atoms with van der Waals surface area (Å²) in [5.41, 5.74) is 4.84. The Bertz CT molecular complexity index is 1200. The Hall–Kier alpha value is -3.12. The number of nitrogens with one attached hydrogen (secondary N) is 1. The van der Waals surface area contributed by atoms with Gasteiger partial charge in [-0.2, -0.15) is 5.10 Å². The van der Waals surface area contributed by atoms with Gasteiger partial charge in [0.2, 0.25) is 0 Å². The summed E-state index contributed by atoms with van der Waals surface area (Å²) in [6, 6.07) is 19.8. The van der Waals surface area contributed by atoms with Crippen LogP contribution in [0.15, 0.2) is 71.3 Å². The number of halogens is 1. The van der Waals surface area contributed by atoms with Gasteiger partial charge in [0.25, 0.3) is 5.91 Å². The van der Waals surface area contributed by atoms with Crippen LogP contribution in [0.1, 0.15) is 27.0 Å². The minimum atomic E-state index is -0.137. The second kappa shape index (κ2) is 8.71. The number of fused-ring (bicyclic) bond motifs is 1. The lowest BCUT2D eigenvalue weighted by Crippen LogP contribution is -2.23. The molecule has 0 fully saturated rings. The zero-order chi connectivity index (χ0) is 21.1. The molecule has 30 heavy (non-hydrogen) atoms. The minimum Gasteiger partial charge on any atom is -0.496 e. The molecule has 4 aromatic rings. The van der Waals surface area contributed by atoms with Crippen LogP contribution in [-0.2, 0) is 13.1 Å². The number of carbonyl (C=O) groups is 1. The summed E-state index contributed by atoms with van der Waals surface area (Å²) in [6.07, 6.45) is 1.83. The highest BCUT2D eigenvalue weighted by Crippen LogP contribution is 2.23. The molecule has 0 unspecified atom stereocenters. The fraction of sp³-hybridized carbons (Fsp3) is 0.167. The monoisotopic (exact) mass is 463 g/mol. The molecule has 5 nitrogen and oxygen atoms in total. The molecule has 4 rings (SSSR count). The van der Waals surface area contributed by atoms with Gasteiger partial charge in [0.05, 0.1) is 25.4 Å². The van der Waals surface area contributed by atoms with E-state index in [-0.39, 0.29) is 5.91 Å². The van der Waals surface area contributed by atoms with Gasteiger partial charge in [-0.25, -0.2) is 0 Å². The maximum absolute atomic E-state index is 12.8. The van der Waals surface area contributed by atoms with Crippen molar-refractivity contribution in [1.29, 1.82) is 0 Å². The van der Waals surface area contributed by atoms with Crippen LogP contribution in [0.25, 0.3) is 10.9 Å². The van der Waals surface area contributed by atoms with Gasteiger partial charge in [0.1, 0.15) is 5.75 Å². The number of aryl methyl sites for hydroxylation is 1. The van der Waals surface area contributed by atoms with Crippen molar-refractivity contribution in [2.24, 2.45) is 0 Å². The van der Waals surface area contributed by atoms with Gasteiger partial charge in [-0.15, -0.1) is 0 Å². The average Bonchev–Trinajstić information content (AvgIpc) is 3.15. The highest BCUT2D eigenvalue weighted by molar-refractivity contribution is 9.10. The van der Waals surface area contributed by atoms with Crippen molar-refractivity contribution in [2.45, 2.75) is 20.0 Å². The Morgan fingerprint density at radius 1 is 1.10 bits per heavy atom. The summed E-state index contributed by atoms with van der Waals surface area (Å²) >= 11 is 3.46. The van der Waals surface area contributed by atoms with Crippen molar-refractivity contribution >= 4 is 32.7 Å². The van der Waals surface area contributed by atoms with E-state index in [0.29, 0.717) is 18.7 Å². The Morgan fingerprint density at radius 3 is 2.67 bits per heavy atom. The molecule has 0 spiro atoms. The van der Waals surface area contributed by atoms with Crippen LogP contribution in [0.3, 0.4) is 0 Å². The number of nitrogens with zero attached hydrogens (tertiary/aromatic N) is 2. The molecule has 0 radical (unpaired) electrons. The molecular weight excluding hydrogens is 442 g/mol. The lowest BCUT2D eigenvalue weighted by molar-refractivity contribution is 0.0951. The van der Waals surface area contributed by atoms with Gasteiger partial charge in [-0.05, 0) is 42.8 Å². The van der Waals surface area contributed by atoms with E-state index in [1.807, 2.05) is 47.3 Å². The Kier molecular flexibility index (Phi) is 5.86. The summed E-state index contributed by atoms with van der Waals surface area (Å²) in [5.74, 6) is 0.604. The lowest BCUT2D eigenvalue weighted by Gasteiger charge is -2.11. The Labute approximate surface area is 183 Å². The topological polar surface area (TPSA) is 56.1 Å². The third kappa shape index (κ3) is 4.39. The Morgan fingerprint density at radius 2 is 1.90 bits per heavy atom. The van der Waals surface area contributed by atoms with E-state index in [4.69, 9.17) is 4.74 Å². The summed E-state index contributed by atoms with van der Waals surface area (Å²) < 4.78 is 8.25. The van der Waals surface area contributed by atoms with Gasteiger partial charge < -0.3 is 10.1 Å². The molecule has 1 aromatic heterocycles. The molecular formula is C24H22BrN3O2. The van der Waals surface area contributed by atoms with Crippen molar-refractivity contribution in [3.8, 4) is 5.75 Å². The van der Waals surface area contributed by atoms with Crippen LogP contribution in [0.5, 0.6) is 5.75 Å². The van der Waals surface area contributed by atoms with Crippen LogP contribution < -0.4 is 10.1 Å². The van der Waals surface area contributed by atoms with Crippen molar-refractivity contribution in [3.05, 3.63) is 93.6 Å². The number of aromatic nitrogens is 2. The number of hydrogen-bond acceptors (Lipinski definition) is 3. The Balaban J connectivity index is 1.53. The maximum atomic E-state index is 12.8. The lowest BCUT2D eigenvalue weighted by atomic mass is 10.1. The third-order valence-electron chi connectivity index (χ3n) is 5.04. The highest BCUT2D eigenvalue weighted by Gasteiger charge is 2.11. The summed E-state index contributed by atoms with van der Waals surface area (Å²) in [5, 5.41) is 8.49. The molecule has 1 N–H and O–H groups in total. The normalized spacial score (nSPS) is 10.9. The number of methoxy groups -OCH3 is 1. The molecule has 0 atom stereocenters. The number of benzene rings is 3. The van der Waals surface area contributed by atoms with Crippen molar-refractivity contribution in [2.75, 3.05) is 7.11 Å². The maximum Gasteiger partial charge on any atom is 0.251 e. The van der Waals surface area contributed by atoms with Crippen molar-refractivity contribution in [1.82, 2.24) is 15.1 Å². The first-order valence-corrected chi connectivity index (χ1v) is 10.4. The molecule has 1 amide bonds. The molecule has 3 aromatic carbocycles. The van der Waals surface area contributed by atoms with Crippen molar-refractivity contribution in [3.63, 3.8) is 0 Å². The summed E-state index contributed by atoms with van der Waals surface area (Å²) in [6.45, 7) is 3.11. The molecule has 152 valence electrons. The SMILES string of the molecule is COc1ccc(Br)cc1CNC(=O)c1ccc2cnn(Cc3ccc(C)cc3)c2c1. The van der Waals surface area contributed by atoms with Gasteiger partial charge >= 0.3 is 0 Å². The second-order valence-corrected chi connectivity index (χ2v) is 8.12. The molecule has 6 heteroatoms. The fourth-order valence-corrected chi connectivity index (χ4v) is 3.78. The highest BCUT2D eigenvalue weighted by atomic mass is 79.9. The molecule has 0 saturated heterocycles. The zero-order valence-electron chi connectivity index (χ0n) is 16.9. The first-order valence-electron chi connectivity index (χ1n) is 9.65. The van der Waals surface area contributed by atoms with Crippen LogP contribution in [0, 0.1) is 6.92 Å². The van der Waals surface area contributed by atoms with Gasteiger partial charge in [-0.1, -0.05) is 51.8 Å². The number of amides is 1. The predicted molar refractivity (Wildman–Crippen MR) is 122 cm³/mol. The average molecular weight is 464 g/mol. The van der Waals surface area contributed by atoms with E-state index in [9.17, 15) is 4.79 Å². The van der Waals surface area contributed by atoms with Crippen LogP contribution in [0.4, 0.5) is 0 Å². The van der Waals surface area contributed by atoms with Crippen LogP contribution in [-0.4, -0.2) is 22.8 Å². The van der Waals surface area contributed by atoms with E-state index >= 15 is 0 Å². The first-order chi connectivity index (χ1) is 14.5. The van der Waals surface area contributed by atoms with Gasteiger partial charge in [0.15, 0.2) is 0 Å². The second-order valence-electron chi connectivity index (χ2n) is 7.20. The van der Waals surface area contributed by atoms with Crippen molar-refractivity contribution < 1.29 is 9.53 Å². The molecule has 0 aliphatic heterocycles.